The van der Waals surface area contributed by atoms with Crippen molar-refractivity contribution in [2.24, 2.45) is 5.92 Å². The zero-order valence-corrected chi connectivity index (χ0v) is 12.6. The molecule has 5 nitrogen and oxygen atoms in total. The Balaban J connectivity index is 1.92. The van der Waals surface area contributed by atoms with Gasteiger partial charge >= 0.3 is 6.03 Å². The molecule has 6 heteroatoms. The zero-order chi connectivity index (χ0) is 14.0. The van der Waals surface area contributed by atoms with Gasteiger partial charge in [-0.15, -0.1) is 0 Å². The summed E-state index contributed by atoms with van der Waals surface area (Å²) in [7, 11) is -3.05. The van der Waals surface area contributed by atoms with E-state index in [2.05, 4.69) is 5.32 Å². The number of hydrogen-bond donors (Lipinski definition) is 1. The molecule has 0 bridgehead atoms. The highest BCUT2D eigenvalue weighted by molar-refractivity contribution is 7.90. The van der Waals surface area contributed by atoms with Crippen LogP contribution in [0.1, 0.15) is 39.0 Å². The third-order valence-electron chi connectivity index (χ3n) is 4.18. The van der Waals surface area contributed by atoms with Crippen molar-refractivity contribution < 1.29 is 13.2 Å². The molecule has 0 aromatic heterocycles. The van der Waals surface area contributed by atoms with Gasteiger partial charge in [0, 0.05) is 24.9 Å². The quantitative estimate of drug-likeness (QED) is 0.853. The van der Waals surface area contributed by atoms with E-state index in [-0.39, 0.29) is 17.8 Å². The molecular weight excluding hydrogens is 264 g/mol. The molecule has 3 atom stereocenters. The number of sulfone groups is 1. The molecule has 19 heavy (non-hydrogen) atoms. The Labute approximate surface area is 115 Å². The summed E-state index contributed by atoms with van der Waals surface area (Å²) in [4.78, 5) is 14.2. The standard InChI is InChI=1S/C13H24N2O3S/c1-10(9-19(2,17)18)14-13(16)15-8-4-6-11-5-3-7-12(11)15/h10-12H,3-9H2,1-2H3,(H,14,16)/t10-,11+,12-/m1/s1. The van der Waals surface area contributed by atoms with E-state index in [1.54, 1.807) is 6.92 Å². The third-order valence-corrected chi connectivity index (χ3v) is 5.28. The Morgan fingerprint density at radius 3 is 2.68 bits per heavy atom. The SMILES string of the molecule is C[C@H](CS(C)(=O)=O)NC(=O)N1CCC[C@@H]2CCC[C@H]21. The van der Waals surface area contributed by atoms with Crippen LogP contribution in [0.4, 0.5) is 4.79 Å². The largest absolute Gasteiger partial charge is 0.335 e. The number of amides is 2. The van der Waals surface area contributed by atoms with Crippen molar-refractivity contribution in [3.63, 3.8) is 0 Å². The Kier molecular flexibility index (Phi) is 4.38. The Bertz CT molecular complexity index is 435. The predicted octanol–water partition coefficient (Wildman–Crippen LogP) is 1.39. The monoisotopic (exact) mass is 288 g/mol. The second kappa shape index (κ2) is 5.69. The summed E-state index contributed by atoms with van der Waals surface area (Å²) in [6.45, 7) is 2.55. The fourth-order valence-electron chi connectivity index (χ4n) is 3.50. The van der Waals surface area contributed by atoms with Gasteiger partial charge < -0.3 is 10.2 Å². The molecule has 2 rings (SSSR count). The first-order valence-corrected chi connectivity index (χ1v) is 9.18. The molecule has 0 spiro atoms. The van der Waals surface area contributed by atoms with E-state index in [1.165, 1.54) is 25.5 Å². The number of hydrogen-bond acceptors (Lipinski definition) is 3. The van der Waals surface area contributed by atoms with Crippen molar-refractivity contribution in [1.82, 2.24) is 10.2 Å². The van der Waals surface area contributed by atoms with Gasteiger partial charge in [-0.3, -0.25) is 0 Å². The minimum atomic E-state index is -3.05. The van der Waals surface area contributed by atoms with Gasteiger partial charge in [0.05, 0.1) is 5.75 Å². The van der Waals surface area contributed by atoms with Gasteiger partial charge in [-0.2, -0.15) is 0 Å². The molecule has 2 amide bonds. The zero-order valence-electron chi connectivity index (χ0n) is 11.8. The van der Waals surface area contributed by atoms with E-state index in [4.69, 9.17) is 0 Å². The molecule has 0 aromatic carbocycles. The average molecular weight is 288 g/mol. The first-order chi connectivity index (χ1) is 8.87. The molecule has 0 radical (unpaired) electrons. The summed E-state index contributed by atoms with van der Waals surface area (Å²) in [6, 6.07) is -0.0452. The van der Waals surface area contributed by atoms with Crippen molar-refractivity contribution in [3.05, 3.63) is 0 Å². The minimum absolute atomic E-state index is 0.000670. The number of piperidine rings is 1. The molecule has 0 unspecified atom stereocenters. The van der Waals surface area contributed by atoms with Crippen molar-refractivity contribution in [2.45, 2.75) is 51.1 Å². The van der Waals surface area contributed by atoms with Gasteiger partial charge in [0.25, 0.3) is 0 Å². The van der Waals surface area contributed by atoms with Gasteiger partial charge in [0.15, 0.2) is 0 Å². The first kappa shape index (κ1) is 14.6. The fraction of sp³-hybridized carbons (Fsp3) is 0.923. The molecular formula is C13H24N2O3S. The maximum Gasteiger partial charge on any atom is 0.317 e. The van der Waals surface area contributed by atoms with Crippen LogP contribution in [0.2, 0.25) is 0 Å². The fourth-order valence-corrected chi connectivity index (χ4v) is 4.49. The first-order valence-electron chi connectivity index (χ1n) is 7.11. The van der Waals surface area contributed by atoms with Gasteiger partial charge in [0.1, 0.15) is 9.84 Å². The molecule has 110 valence electrons. The normalized spacial score (nSPS) is 28.8. The van der Waals surface area contributed by atoms with Crippen LogP contribution in [0.25, 0.3) is 0 Å². The third kappa shape index (κ3) is 3.84. The van der Waals surface area contributed by atoms with Crippen LogP contribution in [0.3, 0.4) is 0 Å². The minimum Gasteiger partial charge on any atom is -0.335 e. The molecule has 2 aliphatic rings. The molecule has 1 aliphatic carbocycles. The highest BCUT2D eigenvalue weighted by Crippen LogP contribution is 2.36. The highest BCUT2D eigenvalue weighted by Gasteiger charge is 2.37. The number of nitrogens with one attached hydrogen (secondary N) is 1. The summed E-state index contributed by atoms with van der Waals surface area (Å²) in [5.74, 6) is 0.658. The Morgan fingerprint density at radius 2 is 2.00 bits per heavy atom. The summed E-state index contributed by atoms with van der Waals surface area (Å²) in [5.41, 5.74) is 0. The van der Waals surface area contributed by atoms with Crippen LogP contribution in [0.15, 0.2) is 0 Å². The van der Waals surface area contributed by atoms with Crippen LogP contribution in [-0.2, 0) is 9.84 Å². The summed E-state index contributed by atoms with van der Waals surface area (Å²) >= 11 is 0. The average Bonchev–Trinajstić information content (AvgIpc) is 2.73. The second-order valence-corrected chi connectivity index (χ2v) is 8.22. The van der Waals surface area contributed by atoms with E-state index < -0.39 is 9.84 Å². The van der Waals surface area contributed by atoms with Crippen molar-refractivity contribution in [1.29, 1.82) is 0 Å². The molecule has 1 heterocycles. The van der Waals surface area contributed by atoms with E-state index >= 15 is 0 Å². The summed E-state index contributed by atoms with van der Waals surface area (Å²) < 4.78 is 22.4. The predicted molar refractivity (Wildman–Crippen MR) is 74.8 cm³/mol. The summed E-state index contributed by atoms with van der Waals surface area (Å²) in [5, 5.41) is 2.83. The number of carbonyl (C=O) groups is 1. The molecule has 1 aliphatic heterocycles. The lowest BCUT2D eigenvalue weighted by molar-refractivity contribution is 0.127. The maximum absolute atomic E-state index is 12.3. The summed E-state index contributed by atoms with van der Waals surface area (Å²) in [6.07, 6.45) is 7.02. The van der Waals surface area contributed by atoms with Crippen molar-refractivity contribution in [3.8, 4) is 0 Å². The van der Waals surface area contributed by atoms with Crippen LogP contribution >= 0.6 is 0 Å². The number of urea groups is 1. The second-order valence-electron chi connectivity index (χ2n) is 6.04. The van der Waals surface area contributed by atoms with Crippen LogP contribution in [0.5, 0.6) is 0 Å². The van der Waals surface area contributed by atoms with Crippen LogP contribution in [0, 0.1) is 5.92 Å². The Hall–Kier alpha value is -0.780. The molecule has 1 saturated carbocycles. The number of fused-ring (bicyclic) bond motifs is 1. The molecule has 1 saturated heterocycles. The number of likely N-dealkylation sites (tertiary alicyclic amines) is 1. The topological polar surface area (TPSA) is 66.5 Å². The van der Waals surface area contributed by atoms with Gasteiger partial charge in [-0.25, -0.2) is 13.2 Å². The van der Waals surface area contributed by atoms with Gasteiger partial charge in [-0.05, 0) is 38.5 Å². The van der Waals surface area contributed by atoms with Crippen molar-refractivity contribution in [2.75, 3.05) is 18.6 Å². The molecule has 2 fully saturated rings. The lowest BCUT2D eigenvalue weighted by atomic mass is 9.92. The number of rotatable bonds is 3. The Morgan fingerprint density at radius 1 is 1.32 bits per heavy atom. The lowest BCUT2D eigenvalue weighted by Gasteiger charge is -2.38. The molecule has 1 N–H and O–H groups in total. The van der Waals surface area contributed by atoms with Gasteiger partial charge in [0.2, 0.25) is 0 Å². The number of carbonyl (C=O) groups excluding carboxylic acids is 1. The molecule has 0 aromatic rings. The van der Waals surface area contributed by atoms with Crippen LogP contribution in [-0.4, -0.2) is 50.0 Å². The van der Waals surface area contributed by atoms with E-state index in [0.29, 0.717) is 12.0 Å². The smallest absolute Gasteiger partial charge is 0.317 e. The van der Waals surface area contributed by atoms with Crippen LogP contribution < -0.4 is 5.32 Å². The highest BCUT2D eigenvalue weighted by atomic mass is 32.2. The number of nitrogens with zero attached hydrogens (tertiary/aromatic N) is 1. The van der Waals surface area contributed by atoms with Crippen molar-refractivity contribution >= 4 is 15.9 Å². The van der Waals surface area contributed by atoms with E-state index in [1.807, 2.05) is 4.90 Å². The van der Waals surface area contributed by atoms with Gasteiger partial charge in [-0.1, -0.05) is 6.42 Å². The van der Waals surface area contributed by atoms with E-state index in [9.17, 15) is 13.2 Å². The van der Waals surface area contributed by atoms with E-state index in [0.717, 1.165) is 19.4 Å². The lowest BCUT2D eigenvalue weighted by Crippen LogP contribution is -2.53. The maximum atomic E-state index is 12.3.